The highest BCUT2D eigenvalue weighted by Gasteiger charge is 2.53. The molecule has 1 saturated heterocycles. The minimum Gasteiger partial charge on any atom is -0.302 e. The van der Waals surface area contributed by atoms with Gasteiger partial charge in [0.2, 0.25) is 10.0 Å². The molecule has 2 aliphatic rings. The number of primary sulfonamides is 1. The number of nitrogens with two attached hydrogens (primary N) is 1. The molecule has 1 saturated carbocycles. The molecule has 0 aromatic carbocycles. The molecular formula is C8H16N2O2S. The van der Waals surface area contributed by atoms with E-state index in [-0.39, 0.29) is 0 Å². The van der Waals surface area contributed by atoms with Crippen LogP contribution in [-0.2, 0) is 10.0 Å². The molecule has 0 spiro atoms. The predicted octanol–water partition coefficient (Wildman–Crippen LogP) is -0.0967. The zero-order valence-corrected chi connectivity index (χ0v) is 8.52. The van der Waals surface area contributed by atoms with Crippen molar-refractivity contribution in [3.63, 3.8) is 0 Å². The SMILES string of the molecule is NS(=O)(=O)C1(CN2CCCC2)CC1. The fourth-order valence-corrected chi connectivity index (χ4v) is 3.05. The van der Waals surface area contributed by atoms with Gasteiger partial charge in [-0.05, 0) is 38.8 Å². The van der Waals surface area contributed by atoms with E-state index in [1.807, 2.05) is 0 Å². The van der Waals surface area contributed by atoms with Gasteiger partial charge in [-0.2, -0.15) is 0 Å². The van der Waals surface area contributed by atoms with Crippen LogP contribution in [0.3, 0.4) is 0 Å². The van der Waals surface area contributed by atoms with E-state index >= 15 is 0 Å². The molecule has 0 radical (unpaired) electrons. The normalized spacial score (nSPS) is 27.8. The zero-order valence-electron chi connectivity index (χ0n) is 7.70. The van der Waals surface area contributed by atoms with Crippen LogP contribution in [-0.4, -0.2) is 37.7 Å². The fraction of sp³-hybridized carbons (Fsp3) is 1.00. The summed E-state index contributed by atoms with van der Waals surface area (Å²) in [6.45, 7) is 2.74. The van der Waals surface area contributed by atoms with Crippen molar-refractivity contribution in [2.45, 2.75) is 30.4 Å². The Morgan fingerprint density at radius 3 is 2.15 bits per heavy atom. The Morgan fingerprint density at radius 1 is 1.23 bits per heavy atom. The molecule has 1 heterocycles. The van der Waals surface area contributed by atoms with E-state index in [4.69, 9.17) is 5.14 Å². The van der Waals surface area contributed by atoms with Crippen LogP contribution in [0.4, 0.5) is 0 Å². The molecule has 0 amide bonds. The lowest BCUT2D eigenvalue weighted by Gasteiger charge is -2.20. The molecule has 2 N–H and O–H groups in total. The summed E-state index contributed by atoms with van der Waals surface area (Å²) in [5.74, 6) is 0. The summed E-state index contributed by atoms with van der Waals surface area (Å²) < 4.78 is 21.9. The van der Waals surface area contributed by atoms with Crippen molar-refractivity contribution in [2.24, 2.45) is 5.14 Å². The second kappa shape index (κ2) is 2.93. The summed E-state index contributed by atoms with van der Waals surface area (Å²) in [6, 6.07) is 0. The Bertz CT molecular complexity index is 289. The van der Waals surface area contributed by atoms with E-state index < -0.39 is 14.8 Å². The van der Waals surface area contributed by atoms with Crippen LogP contribution in [0.2, 0.25) is 0 Å². The number of nitrogens with zero attached hydrogens (tertiary/aromatic N) is 1. The van der Waals surface area contributed by atoms with E-state index in [1.165, 1.54) is 12.8 Å². The summed E-state index contributed by atoms with van der Waals surface area (Å²) in [4.78, 5) is 2.22. The molecule has 0 bridgehead atoms. The van der Waals surface area contributed by atoms with Crippen molar-refractivity contribution in [1.82, 2.24) is 4.90 Å². The van der Waals surface area contributed by atoms with Crippen molar-refractivity contribution in [3.05, 3.63) is 0 Å². The quantitative estimate of drug-likeness (QED) is 0.698. The van der Waals surface area contributed by atoms with E-state index in [2.05, 4.69) is 4.90 Å². The average Bonchev–Trinajstić information content (AvgIpc) is 2.59. The van der Waals surface area contributed by atoms with Crippen molar-refractivity contribution in [1.29, 1.82) is 0 Å². The maximum Gasteiger partial charge on any atom is 0.216 e. The molecule has 2 fully saturated rings. The van der Waals surface area contributed by atoms with Gasteiger partial charge in [0.25, 0.3) is 0 Å². The maximum atomic E-state index is 11.3. The Kier molecular flexibility index (Phi) is 2.13. The van der Waals surface area contributed by atoms with Gasteiger partial charge in [-0.1, -0.05) is 0 Å². The Balaban J connectivity index is 2.01. The maximum absolute atomic E-state index is 11.3. The van der Waals surface area contributed by atoms with Gasteiger partial charge in [-0.3, -0.25) is 0 Å². The molecule has 1 aliphatic carbocycles. The molecule has 2 rings (SSSR count). The Hall–Kier alpha value is -0.130. The van der Waals surface area contributed by atoms with Gasteiger partial charge < -0.3 is 4.90 Å². The topological polar surface area (TPSA) is 63.4 Å². The van der Waals surface area contributed by atoms with Crippen molar-refractivity contribution in [3.8, 4) is 0 Å². The highest BCUT2D eigenvalue weighted by molar-refractivity contribution is 7.90. The molecule has 0 unspecified atom stereocenters. The van der Waals surface area contributed by atoms with Crippen LogP contribution in [0.25, 0.3) is 0 Å². The van der Waals surface area contributed by atoms with Gasteiger partial charge in [0.1, 0.15) is 0 Å². The summed E-state index contributed by atoms with van der Waals surface area (Å²) in [7, 11) is -3.32. The van der Waals surface area contributed by atoms with Crippen molar-refractivity contribution >= 4 is 10.0 Å². The number of hydrogen-bond acceptors (Lipinski definition) is 3. The lowest BCUT2D eigenvalue weighted by molar-refractivity contribution is 0.329. The first kappa shape index (κ1) is 9.43. The standard InChI is InChI=1S/C8H16N2O2S/c9-13(11,12)8(3-4-8)7-10-5-1-2-6-10/h1-7H2,(H2,9,11,12). The largest absolute Gasteiger partial charge is 0.302 e. The van der Waals surface area contributed by atoms with E-state index in [9.17, 15) is 8.42 Å². The first-order valence-corrected chi connectivity index (χ1v) is 6.33. The van der Waals surface area contributed by atoms with Crippen LogP contribution in [0.15, 0.2) is 0 Å². The summed E-state index contributed by atoms with van der Waals surface area (Å²) in [6.07, 6.45) is 3.89. The number of rotatable bonds is 3. The van der Waals surface area contributed by atoms with E-state index in [1.54, 1.807) is 0 Å². The lowest BCUT2D eigenvalue weighted by Crippen LogP contribution is -2.40. The second-order valence-electron chi connectivity index (χ2n) is 4.21. The molecule has 0 aromatic rings. The zero-order chi connectivity index (χ0) is 9.53. The summed E-state index contributed by atoms with van der Waals surface area (Å²) in [5, 5.41) is 5.20. The van der Waals surface area contributed by atoms with Crippen molar-refractivity contribution < 1.29 is 8.42 Å². The summed E-state index contributed by atoms with van der Waals surface area (Å²) in [5.41, 5.74) is 0. The number of likely N-dealkylation sites (tertiary alicyclic amines) is 1. The highest BCUT2D eigenvalue weighted by Crippen LogP contribution is 2.43. The minimum atomic E-state index is -3.32. The van der Waals surface area contributed by atoms with Gasteiger partial charge in [0.05, 0.1) is 4.75 Å². The molecule has 0 atom stereocenters. The predicted molar refractivity (Wildman–Crippen MR) is 50.7 cm³/mol. The Morgan fingerprint density at radius 2 is 1.77 bits per heavy atom. The lowest BCUT2D eigenvalue weighted by atomic mass is 10.4. The molecule has 13 heavy (non-hydrogen) atoms. The third-order valence-corrected chi connectivity index (χ3v) is 4.87. The molecule has 0 aromatic heterocycles. The average molecular weight is 204 g/mol. The molecule has 5 heteroatoms. The second-order valence-corrected chi connectivity index (χ2v) is 6.17. The fourth-order valence-electron chi connectivity index (χ4n) is 2.02. The molecule has 76 valence electrons. The van der Waals surface area contributed by atoms with E-state index in [0.29, 0.717) is 6.54 Å². The third-order valence-electron chi connectivity index (χ3n) is 3.12. The minimum absolute atomic E-state index is 0.572. The van der Waals surface area contributed by atoms with Gasteiger partial charge >= 0.3 is 0 Å². The Labute approximate surface area is 79.1 Å². The molecule has 1 aliphatic heterocycles. The van der Waals surface area contributed by atoms with Gasteiger partial charge in [0, 0.05) is 6.54 Å². The van der Waals surface area contributed by atoms with Gasteiger partial charge in [-0.15, -0.1) is 0 Å². The highest BCUT2D eigenvalue weighted by atomic mass is 32.2. The van der Waals surface area contributed by atoms with Crippen LogP contribution in [0, 0.1) is 0 Å². The molecule has 4 nitrogen and oxygen atoms in total. The van der Waals surface area contributed by atoms with Crippen LogP contribution in [0.5, 0.6) is 0 Å². The summed E-state index contributed by atoms with van der Waals surface area (Å²) >= 11 is 0. The monoisotopic (exact) mass is 204 g/mol. The third kappa shape index (κ3) is 1.73. The van der Waals surface area contributed by atoms with Crippen LogP contribution < -0.4 is 5.14 Å². The molecular weight excluding hydrogens is 188 g/mol. The van der Waals surface area contributed by atoms with Crippen LogP contribution >= 0.6 is 0 Å². The van der Waals surface area contributed by atoms with Crippen molar-refractivity contribution in [2.75, 3.05) is 19.6 Å². The first-order chi connectivity index (χ1) is 6.04. The van der Waals surface area contributed by atoms with Crippen LogP contribution in [0.1, 0.15) is 25.7 Å². The number of sulfonamides is 1. The number of hydrogen-bond donors (Lipinski definition) is 1. The van der Waals surface area contributed by atoms with Gasteiger partial charge in [-0.25, -0.2) is 13.6 Å². The first-order valence-electron chi connectivity index (χ1n) is 4.78. The van der Waals surface area contributed by atoms with Gasteiger partial charge in [0.15, 0.2) is 0 Å². The van der Waals surface area contributed by atoms with E-state index in [0.717, 1.165) is 25.9 Å². The smallest absolute Gasteiger partial charge is 0.216 e.